The molecule has 1 atom stereocenters. The van der Waals surface area contributed by atoms with Crippen LogP contribution in [0.3, 0.4) is 0 Å². The maximum absolute atomic E-state index is 13.0. The van der Waals surface area contributed by atoms with Gasteiger partial charge in [-0.3, -0.25) is 9.59 Å². The van der Waals surface area contributed by atoms with Gasteiger partial charge < -0.3 is 19.8 Å². The van der Waals surface area contributed by atoms with Crippen LogP contribution in [-0.4, -0.2) is 31.0 Å². The zero-order valence-electron chi connectivity index (χ0n) is 12.8. The van der Waals surface area contributed by atoms with Gasteiger partial charge in [-0.15, -0.1) is 0 Å². The largest absolute Gasteiger partial charge is 0.480 e. The summed E-state index contributed by atoms with van der Waals surface area (Å²) < 4.78 is 23.9. The first-order valence-corrected chi connectivity index (χ1v) is 7.98. The van der Waals surface area contributed by atoms with Crippen LogP contribution in [0.25, 0.3) is 0 Å². The number of hydrogen-bond acceptors (Lipinski definition) is 4. The van der Waals surface area contributed by atoms with Gasteiger partial charge in [-0.25, -0.2) is 4.39 Å². The predicted molar refractivity (Wildman–Crippen MR) is 88.2 cm³/mol. The summed E-state index contributed by atoms with van der Waals surface area (Å²) in [7, 11) is 0. The van der Waals surface area contributed by atoms with Crippen molar-refractivity contribution < 1.29 is 23.1 Å². The molecule has 2 aromatic rings. The van der Waals surface area contributed by atoms with Gasteiger partial charge in [0.05, 0.1) is 10.7 Å². The highest BCUT2D eigenvalue weighted by atomic mass is 79.9. The van der Waals surface area contributed by atoms with E-state index in [0.29, 0.717) is 10.2 Å². The van der Waals surface area contributed by atoms with Gasteiger partial charge in [-0.05, 0) is 53.2 Å². The third-order valence-corrected chi connectivity index (χ3v) is 3.64. The number of ether oxygens (including phenoxy) is 1. The summed E-state index contributed by atoms with van der Waals surface area (Å²) in [5, 5.41) is 5.24. The maximum Gasteiger partial charge on any atom is 0.287 e. The highest BCUT2D eigenvalue weighted by Gasteiger charge is 2.16. The molecule has 0 radical (unpaired) electrons. The Kier molecular flexibility index (Phi) is 6.36. The molecule has 2 N–H and O–H groups in total. The van der Waals surface area contributed by atoms with Gasteiger partial charge in [0.1, 0.15) is 11.6 Å². The molecular weight excluding hydrogens is 383 g/mol. The van der Waals surface area contributed by atoms with Gasteiger partial charge in [-0.2, -0.15) is 0 Å². The predicted octanol–water partition coefficient (Wildman–Crippen LogP) is 2.49. The van der Waals surface area contributed by atoms with Crippen LogP contribution in [0, 0.1) is 5.82 Å². The average molecular weight is 399 g/mol. The molecule has 0 saturated heterocycles. The second-order valence-electron chi connectivity index (χ2n) is 4.86. The average Bonchev–Trinajstić information content (AvgIpc) is 3.08. The van der Waals surface area contributed by atoms with Crippen LogP contribution < -0.4 is 15.4 Å². The molecule has 1 unspecified atom stereocenters. The minimum Gasteiger partial charge on any atom is -0.480 e. The van der Waals surface area contributed by atoms with Crippen LogP contribution >= 0.6 is 15.9 Å². The molecule has 1 aromatic carbocycles. The highest BCUT2D eigenvalue weighted by molar-refractivity contribution is 9.10. The Morgan fingerprint density at radius 3 is 2.71 bits per heavy atom. The number of halogens is 2. The van der Waals surface area contributed by atoms with Gasteiger partial charge in [-0.1, -0.05) is 0 Å². The second-order valence-corrected chi connectivity index (χ2v) is 5.71. The van der Waals surface area contributed by atoms with Crippen LogP contribution in [0.5, 0.6) is 5.75 Å². The number of carbonyl (C=O) groups excluding carboxylic acids is 2. The number of benzene rings is 1. The van der Waals surface area contributed by atoms with E-state index < -0.39 is 11.9 Å². The minimum atomic E-state index is -0.771. The molecule has 0 aliphatic rings. The number of amides is 2. The van der Waals surface area contributed by atoms with Crippen LogP contribution in [-0.2, 0) is 4.79 Å². The van der Waals surface area contributed by atoms with E-state index in [-0.39, 0.29) is 30.7 Å². The van der Waals surface area contributed by atoms with E-state index >= 15 is 0 Å². The van der Waals surface area contributed by atoms with Crippen LogP contribution in [0.1, 0.15) is 17.5 Å². The van der Waals surface area contributed by atoms with E-state index in [4.69, 9.17) is 9.15 Å². The lowest BCUT2D eigenvalue weighted by molar-refractivity contribution is -0.127. The lowest BCUT2D eigenvalue weighted by atomic mass is 10.3. The fraction of sp³-hybridized carbons (Fsp3) is 0.250. The molecular formula is C16H16BrFN2O4. The van der Waals surface area contributed by atoms with E-state index in [9.17, 15) is 14.0 Å². The summed E-state index contributed by atoms with van der Waals surface area (Å²) in [5.74, 6) is -0.532. The molecule has 128 valence electrons. The standard InChI is InChI=1S/C16H16BrFN2O4/c1-10(24-13-5-4-11(18)9-12(13)17)15(21)19-6-7-20-16(22)14-3-2-8-23-14/h2-5,8-10H,6-7H2,1H3,(H,19,21)(H,20,22). The van der Waals surface area contributed by atoms with E-state index in [0.717, 1.165) is 0 Å². The summed E-state index contributed by atoms with van der Waals surface area (Å²) in [6.07, 6.45) is 0.635. The van der Waals surface area contributed by atoms with Crippen molar-refractivity contribution in [2.45, 2.75) is 13.0 Å². The summed E-state index contributed by atoms with van der Waals surface area (Å²) in [5.41, 5.74) is 0. The van der Waals surface area contributed by atoms with Crippen LogP contribution in [0.2, 0.25) is 0 Å². The monoisotopic (exact) mass is 398 g/mol. The van der Waals surface area contributed by atoms with Crippen molar-refractivity contribution in [3.63, 3.8) is 0 Å². The molecule has 1 aromatic heterocycles. The zero-order valence-corrected chi connectivity index (χ0v) is 14.4. The Hall–Kier alpha value is -2.35. The molecule has 0 bridgehead atoms. The van der Waals surface area contributed by atoms with E-state index in [2.05, 4.69) is 26.6 Å². The van der Waals surface area contributed by atoms with Gasteiger partial charge in [0.25, 0.3) is 11.8 Å². The molecule has 0 spiro atoms. The number of hydrogen-bond donors (Lipinski definition) is 2. The number of furan rings is 1. The van der Waals surface area contributed by atoms with Crippen molar-refractivity contribution in [3.8, 4) is 5.75 Å². The molecule has 2 rings (SSSR count). The van der Waals surface area contributed by atoms with E-state index in [1.165, 1.54) is 24.5 Å². The van der Waals surface area contributed by atoms with Crippen molar-refractivity contribution in [1.29, 1.82) is 0 Å². The summed E-state index contributed by atoms with van der Waals surface area (Å²) in [6.45, 7) is 2.06. The topological polar surface area (TPSA) is 80.6 Å². The molecule has 0 aliphatic carbocycles. The first-order valence-electron chi connectivity index (χ1n) is 7.18. The maximum atomic E-state index is 13.0. The number of nitrogens with one attached hydrogen (secondary N) is 2. The molecule has 2 amide bonds. The first kappa shape index (κ1) is 18.0. The third-order valence-electron chi connectivity index (χ3n) is 3.02. The lowest BCUT2D eigenvalue weighted by Crippen LogP contribution is -2.40. The number of carbonyl (C=O) groups is 2. The molecule has 1 heterocycles. The third kappa shape index (κ3) is 5.09. The molecule has 0 fully saturated rings. The lowest BCUT2D eigenvalue weighted by Gasteiger charge is -2.15. The molecule has 24 heavy (non-hydrogen) atoms. The van der Waals surface area contributed by atoms with Gasteiger partial charge in [0.15, 0.2) is 11.9 Å². The van der Waals surface area contributed by atoms with Gasteiger partial charge >= 0.3 is 0 Å². The normalized spacial score (nSPS) is 11.6. The Morgan fingerprint density at radius 2 is 2.04 bits per heavy atom. The highest BCUT2D eigenvalue weighted by Crippen LogP contribution is 2.26. The van der Waals surface area contributed by atoms with E-state index in [1.54, 1.807) is 19.1 Å². The number of rotatable bonds is 7. The smallest absolute Gasteiger partial charge is 0.287 e. The van der Waals surface area contributed by atoms with Crippen molar-refractivity contribution in [3.05, 3.63) is 52.6 Å². The summed E-state index contributed by atoms with van der Waals surface area (Å²) >= 11 is 3.17. The fourth-order valence-corrected chi connectivity index (χ4v) is 2.26. The molecule has 0 saturated carbocycles. The fourth-order valence-electron chi connectivity index (χ4n) is 1.82. The molecule has 6 nitrogen and oxygen atoms in total. The quantitative estimate of drug-likeness (QED) is 0.702. The Bertz CT molecular complexity index is 706. The van der Waals surface area contributed by atoms with Crippen LogP contribution in [0.4, 0.5) is 4.39 Å². The second kappa shape index (κ2) is 8.49. The SMILES string of the molecule is CC(Oc1ccc(F)cc1Br)C(=O)NCCNC(=O)c1ccco1. The van der Waals surface area contributed by atoms with Gasteiger partial charge in [0.2, 0.25) is 0 Å². The van der Waals surface area contributed by atoms with Crippen molar-refractivity contribution in [2.75, 3.05) is 13.1 Å². The first-order chi connectivity index (χ1) is 11.5. The Morgan fingerprint density at radius 1 is 1.29 bits per heavy atom. The Balaban J connectivity index is 1.72. The van der Waals surface area contributed by atoms with Crippen molar-refractivity contribution in [1.82, 2.24) is 10.6 Å². The zero-order chi connectivity index (χ0) is 17.5. The van der Waals surface area contributed by atoms with Gasteiger partial charge in [0, 0.05) is 13.1 Å². The Labute approximate surface area is 146 Å². The van der Waals surface area contributed by atoms with Crippen LogP contribution in [0.15, 0.2) is 45.5 Å². The summed E-state index contributed by atoms with van der Waals surface area (Å²) in [6, 6.07) is 7.10. The van der Waals surface area contributed by atoms with Crippen molar-refractivity contribution in [2.24, 2.45) is 0 Å². The molecule has 0 aliphatic heterocycles. The minimum absolute atomic E-state index is 0.208. The molecule has 8 heteroatoms. The summed E-state index contributed by atoms with van der Waals surface area (Å²) in [4.78, 5) is 23.6. The van der Waals surface area contributed by atoms with Crippen molar-refractivity contribution >= 4 is 27.7 Å². The van der Waals surface area contributed by atoms with E-state index in [1.807, 2.05) is 0 Å².